The van der Waals surface area contributed by atoms with E-state index in [1.165, 1.54) is 23.6 Å². The van der Waals surface area contributed by atoms with Crippen LogP contribution in [0.5, 0.6) is 11.5 Å². The number of nitrogens with zero attached hydrogens (tertiary/aromatic N) is 2. The third-order valence-electron chi connectivity index (χ3n) is 8.32. The number of carbonyl (C=O) groups is 1. The Morgan fingerprint density at radius 3 is 2.49 bits per heavy atom. The lowest BCUT2D eigenvalue weighted by atomic mass is 9.93. The number of furan rings is 1. The number of nitrogens with one attached hydrogen (secondary N) is 1. The topological polar surface area (TPSA) is 109 Å². The molecule has 0 aliphatic carbocycles. The number of pyridine rings is 1. The third-order valence-corrected chi connectivity index (χ3v) is 8.32. The Morgan fingerprint density at radius 1 is 1.09 bits per heavy atom. The summed E-state index contributed by atoms with van der Waals surface area (Å²) in [5.74, 6) is 1.81. The molecule has 1 N–H and O–H groups in total. The number of esters is 1. The normalized spacial score (nSPS) is 14.2. The first-order chi connectivity index (χ1) is 21.4. The van der Waals surface area contributed by atoms with Gasteiger partial charge in [-0.05, 0) is 87.6 Å². The van der Waals surface area contributed by atoms with Crippen LogP contribution in [0.2, 0.25) is 0 Å². The summed E-state index contributed by atoms with van der Waals surface area (Å²) in [7, 11) is 1.68. The molecule has 1 saturated heterocycles. The Kier molecular flexibility index (Phi) is 7.86. The molecule has 45 heavy (non-hydrogen) atoms. The number of aromatic amines is 1. The number of ether oxygens (including phenoxy) is 3. The van der Waals surface area contributed by atoms with Crippen LogP contribution in [-0.4, -0.2) is 33.7 Å². The molecular weight excluding hydrogens is 577 g/mol. The SMILES string of the molecule is CC(=O)OC(C)(C)c1ccc(Oc2c(C)cc(F)cc2C)c(-c2cn(C)c(=O)c3cc(-c4cnc(C5CCOCC5)[nH]4)oc23)c1. The molecule has 0 radical (unpaired) electrons. The van der Waals surface area contributed by atoms with Gasteiger partial charge in [-0.2, -0.15) is 0 Å². The zero-order chi connectivity index (χ0) is 32.0. The molecule has 6 rings (SSSR count). The minimum absolute atomic E-state index is 0.225. The zero-order valence-corrected chi connectivity index (χ0v) is 26.2. The highest BCUT2D eigenvalue weighted by atomic mass is 19.1. The van der Waals surface area contributed by atoms with Crippen molar-refractivity contribution in [1.82, 2.24) is 14.5 Å². The number of benzene rings is 2. The van der Waals surface area contributed by atoms with E-state index in [2.05, 4.69) is 9.97 Å². The molecule has 0 saturated carbocycles. The minimum Gasteiger partial charge on any atom is -0.456 e. The summed E-state index contributed by atoms with van der Waals surface area (Å²) in [5.41, 5.74) is 3.01. The first-order valence-corrected chi connectivity index (χ1v) is 15.0. The Morgan fingerprint density at radius 2 is 1.80 bits per heavy atom. The van der Waals surface area contributed by atoms with E-state index < -0.39 is 11.6 Å². The molecule has 0 unspecified atom stereocenters. The van der Waals surface area contributed by atoms with Crippen LogP contribution in [0.15, 0.2) is 58.0 Å². The van der Waals surface area contributed by atoms with Crippen LogP contribution in [0.4, 0.5) is 4.39 Å². The van der Waals surface area contributed by atoms with Crippen molar-refractivity contribution in [3.05, 3.63) is 87.5 Å². The Labute approximate surface area is 260 Å². The largest absolute Gasteiger partial charge is 0.456 e. The van der Waals surface area contributed by atoms with Crippen LogP contribution in [-0.2, 0) is 26.9 Å². The fourth-order valence-electron chi connectivity index (χ4n) is 6.01. The number of carbonyl (C=O) groups excluding carboxylic acids is 1. The fraction of sp³-hybridized carbons (Fsp3) is 0.343. The number of imidazole rings is 1. The van der Waals surface area contributed by atoms with Gasteiger partial charge in [-0.25, -0.2) is 9.37 Å². The van der Waals surface area contributed by atoms with Crippen molar-refractivity contribution >= 4 is 16.9 Å². The van der Waals surface area contributed by atoms with Gasteiger partial charge in [-0.1, -0.05) is 6.07 Å². The molecule has 0 spiro atoms. The molecule has 10 heteroatoms. The quantitative estimate of drug-likeness (QED) is 0.190. The summed E-state index contributed by atoms with van der Waals surface area (Å²) < 4.78 is 39.7. The average Bonchev–Trinajstić information content (AvgIpc) is 3.65. The van der Waals surface area contributed by atoms with Crippen LogP contribution in [0.1, 0.15) is 62.0 Å². The lowest BCUT2D eigenvalue weighted by molar-refractivity contribution is -0.154. The van der Waals surface area contributed by atoms with Crippen LogP contribution in [0.3, 0.4) is 0 Å². The van der Waals surface area contributed by atoms with Crippen molar-refractivity contribution < 1.29 is 27.8 Å². The molecule has 9 nitrogen and oxygen atoms in total. The van der Waals surface area contributed by atoms with Gasteiger partial charge in [0.2, 0.25) is 0 Å². The number of hydrogen-bond donors (Lipinski definition) is 1. The van der Waals surface area contributed by atoms with Crippen LogP contribution in [0.25, 0.3) is 33.6 Å². The van der Waals surface area contributed by atoms with Gasteiger partial charge in [-0.3, -0.25) is 9.59 Å². The highest BCUT2D eigenvalue weighted by Gasteiger charge is 2.28. The standard InChI is InChI=1S/C35H36FN3O6/c1-19-13-24(36)14-20(2)31(19)43-29-8-7-23(35(4,5)45-21(3)40)15-25(29)27-18-39(6)34(41)26-16-30(44-32(26)27)28-17-37-33(38-28)22-9-11-42-12-10-22/h7-8,13-18,22H,9-12H2,1-6H3,(H,37,38). The summed E-state index contributed by atoms with van der Waals surface area (Å²) >= 11 is 0. The van der Waals surface area contributed by atoms with Crippen molar-refractivity contribution in [3.8, 4) is 34.1 Å². The second kappa shape index (κ2) is 11.7. The molecule has 234 valence electrons. The predicted octanol–water partition coefficient (Wildman–Crippen LogP) is 7.43. The van der Waals surface area contributed by atoms with Gasteiger partial charge in [0, 0.05) is 50.4 Å². The minimum atomic E-state index is -0.967. The Hall–Kier alpha value is -4.70. The molecular formula is C35H36FN3O6. The van der Waals surface area contributed by atoms with Crippen LogP contribution in [0, 0.1) is 19.7 Å². The van der Waals surface area contributed by atoms with E-state index in [1.54, 1.807) is 59.3 Å². The van der Waals surface area contributed by atoms with Crippen molar-refractivity contribution in [2.75, 3.05) is 13.2 Å². The summed E-state index contributed by atoms with van der Waals surface area (Å²) in [4.78, 5) is 33.3. The molecule has 4 heterocycles. The number of rotatable bonds is 7. The van der Waals surface area contributed by atoms with Gasteiger partial charge in [0.15, 0.2) is 5.76 Å². The predicted molar refractivity (Wildman–Crippen MR) is 168 cm³/mol. The first kappa shape index (κ1) is 30.3. The lowest BCUT2D eigenvalue weighted by Crippen LogP contribution is -2.24. The van der Waals surface area contributed by atoms with E-state index in [0.717, 1.165) is 18.7 Å². The molecule has 1 aliphatic heterocycles. The van der Waals surface area contributed by atoms with E-state index in [4.69, 9.17) is 18.6 Å². The molecule has 5 aromatic rings. The van der Waals surface area contributed by atoms with E-state index in [-0.39, 0.29) is 17.3 Å². The summed E-state index contributed by atoms with van der Waals surface area (Å²) in [6.45, 7) is 9.93. The second-order valence-corrected chi connectivity index (χ2v) is 12.2. The van der Waals surface area contributed by atoms with Crippen molar-refractivity contribution in [3.63, 3.8) is 0 Å². The van der Waals surface area contributed by atoms with Gasteiger partial charge < -0.3 is 28.2 Å². The van der Waals surface area contributed by atoms with Gasteiger partial charge in [0.1, 0.15) is 40.0 Å². The molecule has 0 atom stereocenters. The van der Waals surface area contributed by atoms with Crippen molar-refractivity contribution in [1.29, 1.82) is 0 Å². The van der Waals surface area contributed by atoms with E-state index in [9.17, 15) is 14.0 Å². The van der Waals surface area contributed by atoms with E-state index in [1.807, 2.05) is 12.1 Å². The number of hydrogen-bond acceptors (Lipinski definition) is 7. The number of aromatic nitrogens is 3. The van der Waals surface area contributed by atoms with Gasteiger partial charge >= 0.3 is 5.97 Å². The van der Waals surface area contributed by atoms with Crippen molar-refractivity contribution in [2.24, 2.45) is 7.05 Å². The maximum Gasteiger partial charge on any atom is 0.303 e. The van der Waals surface area contributed by atoms with Crippen LogP contribution >= 0.6 is 0 Å². The van der Waals surface area contributed by atoms with Gasteiger partial charge in [-0.15, -0.1) is 0 Å². The molecule has 1 aliphatic rings. The van der Waals surface area contributed by atoms with Crippen molar-refractivity contribution in [2.45, 2.75) is 59.0 Å². The average molecular weight is 614 g/mol. The maximum absolute atomic E-state index is 14.1. The highest BCUT2D eigenvalue weighted by molar-refractivity contribution is 5.95. The number of fused-ring (bicyclic) bond motifs is 1. The van der Waals surface area contributed by atoms with Gasteiger partial charge in [0.25, 0.3) is 5.56 Å². The number of H-pyrrole nitrogens is 1. The zero-order valence-electron chi connectivity index (χ0n) is 26.2. The molecule has 1 fully saturated rings. The molecule has 0 amide bonds. The number of aryl methyl sites for hydroxylation is 3. The monoisotopic (exact) mass is 613 g/mol. The maximum atomic E-state index is 14.1. The van der Waals surface area contributed by atoms with E-state index >= 15 is 0 Å². The molecule has 3 aromatic heterocycles. The third kappa shape index (κ3) is 5.90. The molecule has 2 aromatic carbocycles. The lowest BCUT2D eigenvalue weighted by Gasteiger charge is -2.26. The smallest absolute Gasteiger partial charge is 0.303 e. The van der Waals surface area contributed by atoms with Crippen LogP contribution < -0.4 is 10.3 Å². The Balaban J connectivity index is 1.52. The summed E-state index contributed by atoms with van der Waals surface area (Å²) in [5, 5.41) is 0.386. The molecule has 0 bridgehead atoms. The van der Waals surface area contributed by atoms with E-state index in [0.29, 0.717) is 75.0 Å². The first-order valence-electron chi connectivity index (χ1n) is 15.0. The summed E-state index contributed by atoms with van der Waals surface area (Å²) in [6, 6.07) is 10.0. The van der Waals surface area contributed by atoms with Gasteiger partial charge in [0.05, 0.1) is 11.6 Å². The Bertz CT molecular complexity index is 1960. The second-order valence-electron chi connectivity index (χ2n) is 12.2. The number of halogens is 1. The summed E-state index contributed by atoms with van der Waals surface area (Å²) in [6.07, 6.45) is 5.19. The fourth-order valence-corrected chi connectivity index (χ4v) is 6.01. The highest BCUT2D eigenvalue weighted by Crippen LogP contribution is 2.42.